The summed E-state index contributed by atoms with van der Waals surface area (Å²) >= 11 is 1.79. The maximum atomic E-state index is 6.68. The summed E-state index contributed by atoms with van der Waals surface area (Å²) in [6.07, 6.45) is 0. The zero-order chi connectivity index (χ0) is 45.2. The number of aromatic nitrogens is 3. The van der Waals surface area contributed by atoms with Crippen LogP contribution in [0, 0.1) is 0 Å². The van der Waals surface area contributed by atoms with Gasteiger partial charge in [-0.1, -0.05) is 182 Å². The number of nitrogens with zero attached hydrogens (tertiary/aromatic N) is 3. The van der Waals surface area contributed by atoms with E-state index in [1.54, 1.807) is 11.3 Å². The molecule has 2 aliphatic carbocycles. The van der Waals surface area contributed by atoms with Crippen molar-refractivity contribution in [2.24, 2.45) is 0 Å². The first-order valence-electron chi connectivity index (χ1n) is 23.4. The molecular formula is C64H37N3OS. The number of hydrogen-bond acceptors (Lipinski definition) is 5. The van der Waals surface area contributed by atoms with Crippen LogP contribution in [0.2, 0.25) is 0 Å². The van der Waals surface area contributed by atoms with Crippen molar-refractivity contribution in [3.63, 3.8) is 0 Å². The van der Waals surface area contributed by atoms with E-state index in [0.717, 1.165) is 66.3 Å². The van der Waals surface area contributed by atoms with E-state index >= 15 is 0 Å². The number of benzene rings is 10. The molecule has 10 aromatic carbocycles. The van der Waals surface area contributed by atoms with Gasteiger partial charge in [0.05, 0.1) is 5.41 Å². The molecule has 3 aromatic heterocycles. The third kappa shape index (κ3) is 5.53. The van der Waals surface area contributed by atoms with Crippen LogP contribution in [0.25, 0.3) is 121 Å². The van der Waals surface area contributed by atoms with E-state index in [0.29, 0.717) is 17.5 Å². The zero-order valence-electron chi connectivity index (χ0n) is 37.0. The molecule has 320 valence electrons. The molecule has 15 rings (SSSR count). The first kappa shape index (κ1) is 38.3. The van der Waals surface area contributed by atoms with E-state index in [1.165, 1.54) is 59.3 Å². The molecule has 0 saturated heterocycles. The molecule has 0 saturated carbocycles. The molecule has 0 fully saturated rings. The second-order valence-electron chi connectivity index (χ2n) is 18.2. The van der Waals surface area contributed by atoms with Crippen LogP contribution in [-0.4, -0.2) is 15.0 Å². The lowest BCUT2D eigenvalue weighted by Gasteiger charge is -2.30. The first-order chi connectivity index (χ1) is 34.2. The predicted octanol–water partition coefficient (Wildman–Crippen LogP) is 16.8. The van der Waals surface area contributed by atoms with Gasteiger partial charge in [0.1, 0.15) is 11.2 Å². The minimum absolute atomic E-state index is 0.385. The lowest BCUT2D eigenvalue weighted by Crippen LogP contribution is -2.25. The summed E-state index contributed by atoms with van der Waals surface area (Å²) < 4.78 is 9.11. The maximum Gasteiger partial charge on any atom is 0.164 e. The predicted molar refractivity (Wildman–Crippen MR) is 283 cm³/mol. The van der Waals surface area contributed by atoms with E-state index in [2.05, 4.69) is 206 Å². The molecular weight excluding hydrogens is 859 g/mol. The van der Waals surface area contributed by atoms with Crippen molar-refractivity contribution < 1.29 is 4.42 Å². The highest BCUT2D eigenvalue weighted by atomic mass is 32.1. The van der Waals surface area contributed by atoms with Crippen molar-refractivity contribution in [2.45, 2.75) is 5.41 Å². The van der Waals surface area contributed by atoms with Crippen LogP contribution < -0.4 is 0 Å². The van der Waals surface area contributed by atoms with Gasteiger partial charge < -0.3 is 4.42 Å². The summed E-state index contributed by atoms with van der Waals surface area (Å²) in [5.41, 5.74) is 19.0. The van der Waals surface area contributed by atoms with Crippen LogP contribution >= 0.6 is 11.3 Å². The van der Waals surface area contributed by atoms with Crippen molar-refractivity contribution in [1.29, 1.82) is 0 Å². The second kappa shape index (κ2) is 14.6. The van der Waals surface area contributed by atoms with Crippen LogP contribution in [-0.2, 0) is 5.41 Å². The van der Waals surface area contributed by atoms with Crippen LogP contribution in [0.4, 0.5) is 0 Å². The average Bonchev–Trinajstić information content (AvgIpc) is 4.16. The van der Waals surface area contributed by atoms with Gasteiger partial charge in [0.2, 0.25) is 0 Å². The Balaban J connectivity index is 0.921. The zero-order valence-corrected chi connectivity index (χ0v) is 37.8. The summed E-state index contributed by atoms with van der Waals surface area (Å²) in [5, 5.41) is 4.33. The van der Waals surface area contributed by atoms with Gasteiger partial charge in [-0.3, -0.25) is 0 Å². The molecule has 0 aliphatic heterocycles. The normalized spacial score (nSPS) is 13.0. The second-order valence-corrected chi connectivity index (χ2v) is 19.3. The van der Waals surface area contributed by atoms with Gasteiger partial charge in [0.25, 0.3) is 0 Å². The fraction of sp³-hybridized carbons (Fsp3) is 0.0156. The lowest BCUT2D eigenvalue weighted by atomic mass is 9.70. The van der Waals surface area contributed by atoms with Gasteiger partial charge in [-0.25, -0.2) is 15.0 Å². The van der Waals surface area contributed by atoms with Crippen molar-refractivity contribution in [3.8, 4) is 78.7 Å². The van der Waals surface area contributed by atoms with E-state index in [9.17, 15) is 0 Å². The Labute approximate surface area is 401 Å². The molecule has 0 radical (unpaired) electrons. The summed E-state index contributed by atoms with van der Waals surface area (Å²) in [7, 11) is 0. The van der Waals surface area contributed by atoms with Crippen LogP contribution in [0.3, 0.4) is 0 Å². The van der Waals surface area contributed by atoms with E-state index in [1.807, 2.05) is 18.2 Å². The fourth-order valence-electron chi connectivity index (χ4n) is 11.6. The number of fused-ring (bicyclic) bond motifs is 16. The molecule has 4 nitrogen and oxygen atoms in total. The van der Waals surface area contributed by atoms with Crippen molar-refractivity contribution in [1.82, 2.24) is 15.0 Å². The van der Waals surface area contributed by atoms with E-state index in [4.69, 9.17) is 19.4 Å². The standard InChI is InChI=1S/C64H37N3OS/c1-2-15-38(16-3-1)39-17-12-18-42(35-39)61-65-62(67-63(66-61)48-24-14-30-58-60(48)46-22-7-11-29-57(46)69-58)47-23-13-28-56-59(47)50-37-41(32-34-55(50)68-56)40-31-33-54-49(36-40)45-21-6-10-27-53(45)64(54)51-25-8-4-19-43(51)44-20-5-9-26-52(44)64/h1-37H. The highest BCUT2D eigenvalue weighted by molar-refractivity contribution is 7.25. The third-order valence-electron chi connectivity index (χ3n) is 14.6. The van der Waals surface area contributed by atoms with E-state index < -0.39 is 0 Å². The van der Waals surface area contributed by atoms with Crippen LogP contribution in [0.5, 0.6) is 0 Å². The van der Waals surface area contributed by atoms with Crippen molar-refractivity contribution >= 4 is 53.4 Å². The van der Waals surface area contributed by atoms with Crippen molar-refractivity contribution in [2.75, 3.05) is 0 Å². The topological polar surface area (TPSA) is 51.8 Å². The largest absolute Gasteiger partial charge is 0.456 e. The van der Waals surface area contributed by atoms with Crippen LogP contribution in [0.15, 0.2) is 229 Å². The van der Waals surface area contributed by atoms with Gasteiger partial charge in [0, 0.05) is 47.6 Å². The van der Waals surface area contributed by atoms with Crippen LogP contribution in [0.1, 0.15) is 22.3 Å². The average molecular weight is 896 g/mol. The maximum absolute atomic E-state index is 6.68. The molecule has 0 bridgehead atoms. The summed E-state index contributed by atoms with van der Waals surface area (Å²) in [6.45, 7) is 0. The Morgan fingerprint density at radius 1 is 0.304 bits per heavy atom. The van der Waals surface area contributed by atoms with Gasteiger partial charge in [-0.05, 0) is 109 Å². The minimum atomic E-state index is -0.385. The Bertz CT molecular complexity index is 4230. The molecule has 3 heterocycles. The monoisotopic (exact) mass is 895 g/mol. The number of rotatable bonds is 5. The van der Waals surface area contributed by atoms with Gasteiger partial charge in [-0.2, -0.15) is 0 Å². The molecule has 69 heavy (non-hydrogen) atoms. The number of furan rings is 1. The highest BCUT2D eigenvalue weighted by Crippen LogP contribution is 2.63. The smallest absolute Gasteiger partial charge is 0.164 e. The quantitative estimate of drug-likeness (QED) is 0.173. The fourth-order valence-corrected chi connectivity index (χ4v) is 12.8. The molecule has 0 amide bonds. The molecule has 0 atom stereocenters. The Kier molecular flexibility index (Phi) is 8.12. The Morgan fingerprint density at radius 3 is 1.59 bits per heavy atom. The Morgan fingerprint density at radius 2 is 0.826 bits per heavy atom. The molecule has 13 aromatic rings. The minimum Gasteiger partial charge on any atom is -0.456 e. The first-order valence-corrected chi connectivity index (χ1v) is 24.2. The highest BCUT2D eigenvalue weighted by Gasteiger charge is 2.51. The van der Waals surface area contributed by atoms with Gasteiger partial charge >= 0.3 is 0 Å². The summed E-state index contributed by atoms with van der Waals surface area (Å²) in [4.78, 5) is 16.1. The summed E-state index contributed by atoms with van der Waals surface area (Å²) in [6, 6.07) is 80.8. The molecule has 5 heteroatoms. The Hall–Kier alpha value is -8.77. The summed E-state index contributed by atoms with van der Waals surface area (Å²) in [5.74, 6) is 1.83. The number of hydrogen-bond donors (Lipinski definition) is 0. The third-order valence-corrected chi connectivity index (χ3v) is 15.7. The number of thiophene rings is 1. The van der Waals surface area contributed by atoms with Crippen molar-refractivity contribution in [3.05, 3.63) is 247 Å². The molecule has 1 spiro atoms. The molecule has 0 N–H and O–H groups in total. The molecule has 2 aliphatic rings. The molecule has 0 unspecified atom stereocenters. The SMILES string of the molecule is c1ccc(-c2cccc(-c3nc(-c4cccc5oc6ccc(-c7ccc8c(c7)-c7ccccc7C87c8ccccc8-c8ccccc87)cc6c45)nc(-c4cccc5sc6ccccc6c45)n3)c2)cc1. The van der Waals surface area contributed by atoms with E-state index in [-0.39, 0.29) is 5.41 Å². The van der Waals surface area contributed by atoms with Gasteiger partial charge in [-0.15, -0.1) is 11.3 Å². The lowest BCUT2D eigenvalue weighted by molar-refractivity contribution is 0.669. The van der Waals surface area contributed by atoms with Gasteiger partial charge in [0.15, 0.2) is 17.5 Å².